The molecule has 1 amide bonds. The lowest BCUT2D eigenvalue weighted by molar-refractivity contribution is -0.126. The number of hydrogen-bond donors (Lipinski definition) is 2. The first-order valence-electron chi connectivity index (χ1n) is 5.56. The maximum absolute atomic E-state index is 11.9. The van der Waals surface area contributed by atoms with E-state index < -0.39 is 5.54 Å². The van der Waals surface area contributed by atoms with E-state index in [9.17, 15) is 4.79 Å². The Morgan fingerprint density at radius 1 is 1.50 bits per heavy atom. The van der Waals surface area contributed by atoms with Crippen LogP contribution in [0.1, 0.15) is 40.0 Å². The van der Waals surface area contributed by atoms with E-state index in [4.69, 9.17) is 5.73 Å². The summed E-state index contributed by atoms with van der Waals surface area (Å²) in [6, 6.07) is 0.243. The van der Waals surface area contributed by atoms with Crippen molar-refractivity contribution in [2.45, 2.75) is 51.6 Å². The predicted octanol–water partition coefficient (Wildman–Crippen LogP) is 2.18. The largest absolute Gasteiger partial charge is 0.351 e. The standard InChI is InChI=1S/C11H24N2OS.ClH/c1-5-7-11(3,12)10(14)13-9(6-2)8-15-4;/h9H,5-8,12H2,1-4H3,(H,13,14);1H. The van der Waals surface area contributed by atoms with Gasteiger partial charge in [0, 0.05) is 11.8 Å². The number of nitrogens with two attached hydrogens (primary N) is 1. The van der Waals surface area contributed by atoms with Gasteiger partial charge < -0.3 is 11.1 Å². The highest BCUT2D eigenvalue weighted by molar-refractivity contribution is 7.98. The quantitative estimate of drug-likeness (QED) is 0.744. The highest BCUT2D eigenvalue weighted by Gasteiger charge is 2.28. The van der Waals surface area contributed by atoms with Crippen molar-refractivity contribution in [2.75, 3.05) is 12.0 Å². The number of halogens is 1. The van der Waals surface area contributed by atoms with Gasteiger partial charge in [0.25, 0.3) is 0 Å². The van der Waals surface area contributed by atoms with Gasteiger partial charge in [0.2, 0.25) is 5.91 Å². The fourth-order valence-electron chi connectivity index (χ4n) is 1.45. The highest BCUT2D eigenvalue weighted by atomic mass is 35.5. The van der Waals surface area contributed by atoms with Crippen molar-refractivity contribution in [3.8, 4) is 0 Å². The average molecular weight is 269 g/mol. The van der Waals surface area contributed by atoms with Gasteiger partial charge in [0.15, 0.2) is 0 Å². The van der Waals surface area contributed by atoms with Gasteiger partial charge in [-0.2, -0.15) is 11.8 Å². The summed E-state index contributed by atoms with van der Waals surface area (Å²) in [6.45, 7) is 5.92. The zero-order valence-corrected chi connectivity index (χ0v) is 12.3. The normalized spacial score (nSPS) is 15.8. The van der Waals surface area contributed by atoms with Crippen LogP contribution in [0, 0.1) is 0 Å². The van der Waals surface area contributed by atoms with Gasteiger partial charge in [0.05, 0.1) is 5.54 Å². The van der Waals surface area contributed by atoms with Gasteiger partial charge in [-0.15, -0.1) is 12.4 Å². The second kappa shape index (κ2) is 9.14. The van der Waals surface area contributed by atoms with E-state index in [0.29, 0.717) is 0 Å². The molecule has 0 aromatic carbocycles. The average Bonchev–Trinajstić information content (AvgIpc) is 2.16. The van der Waals surface area contributed by atoms with Crippen LogP contribution in [-0.2, 0) is 4.79 Å². The van der Waals surface area contributed by atoms with Crippen molar-refractivity contribution in [1.29, 1.82) is 0 Å². The molecule has 0 aliphatic carbocycles. The van der Waals surface area contributed by atoms with E-state index in [-0.39, 0.29) is 24.4 Å². The van der Waals surface area contributed by atoms with Gasteiger partial charge in [0.1, 0.15) is 0 Å². The molecule has 2 unspecified atom stereocenters. The maximum atomic E-state index is 11.9. The second-order valence-corrected chi connectivity index (χ2v) is 5.11. The molecule has 16 heavy (non-hydrogen) atoms. The predicted molar refractivity (Wildman–Crippen MR) is 75.4 cm³/mol. The first-order chi connectivity index (χ1) is 6.97. The molecule has 2 atom stereocenters. The molecule has 0 aliphatic heterocycles. The van der Waals surface area contributed by atoms with Gasteiger partial charge in [-0.1, -0.05) is 20.3 Å². The monoisotopic (exact) mass is 268 g/mol. The van der Waals surface area contributed by atoms with Crippen molar-refractivity contribution in [3.05, 3.63) is 0 Å². The molecule has 0 aliphatic rings. The summed E-state index contributed by atoms with van der Waals surface area (Å²) in [7, 11) is 0. The Kier molecular flexibility index (Phi) is 10.5. The molecule has 0 aromatic rings. The van der Waals surface area contributed by atoms with Crippen LogP contribution in [0.15, 0.2) is 0 Å². The molecular formula is C11H25ClN2OS. The van der Waals surface area contributed by atoms with E-state index >= 15 is 0 Å². The first kappa shape index (κ1) is 18.4. The Bertz CT molecular complexity index is 200. The number of thioether (sulfide) groups is 1. The third kappa shape index (κ3) is 6.61. The SMILES string of the molecule is CCCC(C)(N)C(=O)NC(CC)CSC.Cl. The van der Waals surface area contributed by atoms with Crippen LogP contribution in [0.25, 0.3) is 0 Å². The molecule has 5 heteroatoms. The Morgan fingerprint density at radius 2 is 2.06 bits per heavy atom. The minimum absolute atomic E-state index is 0. The number of nitrogens with one attached hydrogen (secondary N) is 1. The Labute approximate surface area is 110 Å². The molecule has 98 valence electrons. The summed E-state index contributed by atoms with van der Waals surface area (Å²) < 4.78 is 0. The molecule has 3 N–H and O–H groups in total. The van der Waals surface area contributed by atoms with Crippen molar-refractivity contribution >= 4 is 30.1 Å². The number of amides is 1. The fourth-order valence-corrected chi connectivity index (χ4v) is 2.17. The molecule has 0 heterocycles. The number of carbonyl (C=O) groups is 1. The number of rotatable bonds is 7. The van der Waals surface area contributed by atoms with Gasteiger partial charge >= 0.3 is 0 Å². The van der Waals surface area contributed by atoms with Crippen LogP contribution in [0.4, 0.5) is 0 Å². The zero-order valence-electron chi connectivity index (χ0n) is 10.7. The van der Waals surface area contributed by atoms with E-state index in [1.54, 1.807) is 18.7 Å². The van der Waals surface area contributed by atoms with Crippen LogP contribution in [0.3, 0.4) is 0 Å². The van der Waals surface area contributed by atoms with E-state index in [1.165, 1.54) is 0 Å². The second-order valence-electron chi connectivity index (χ2n) is 4.20. The van der Waals surface area contributed by atoms with Gasteiger partial charge in [-0.05, 0) is 26.0 Å². The van der Waals surface area contributed by atoms with Gasteiger partial charge in [-0.25, -0.2) is 0 Å². The van der Waals surface area contributed by atoms with E-state index in [0.717, 1.165) is 25.0 Å². The minimum atomic E-state index is -0.722. The molecule has 3 nitrogen and oxygen atoms in total. The first-order valence-corrected chi connectivity index (χ1v) is 6.96. The van der Waals surface area contributed by atoms with Crippen LogP contribution in [0.5, 0.6) is 0 Å². The van der Waals surface area contributed by atoms with Gasteiger partial charge in [-0.3, -0.25) is 4.79 Å². The van der Waals surface area contributed by atoms with Crippen LogP contribution < -0.4 is 11.1 Å². The molecule has 0 fully saturated rings. The molecule has 0 bridgehead atoms. The lowest BCUT2D eigenvalue weighted by Gasteiger charge is -2.26. The summed E-state index contributed by atoms with van der Waals surface area (Å²) in [5.74, 6) is 0.926. The lowest BCUT2D eigenvalue weighted by atomic mass is 9.96. The minimum Gasteiger partial charge on any atom is -0.351 e. The topological polar surface area (TPSA) is 55.1 Å². The molecule has 0 saturated heterocycles. The summed E-state index contributed by atoms with van der Waals surface area (Å²) in [6.07, 6.45) is 4.66. The van der Waals surface area contributed by atoms with E-state index in [1.807, 2.05) is 13.2 Å². The molecule has 0 aromatic heterocycles. The summed E-state index contributed by atoms with van der Waals surface area (Å²) in [5, 5.41) is 3.01. The van der Waals surface area contributed by atoms with Crippen molar-refractivity contribution in [3.63, 3.8) is 0 Å². The molecular weight excluding hydrogens is 244 g/mol. The summed E-state index contributed by atoms with van der Waals surface area (Å²) in [5.41, 5.74) is 5.23. The molecule has 0 spiro atoms. The third-order valence-electron chi connectivity index (χ3n) is 2.48. The zero-order chi connectivity index (χ0) is 11.9. The van der Waals surface area contributed by atoms with Crippen LogP contribution in [0.2, 0.25) is 0 Å². The summed E-state index contributed by atoms with van der Waals surface area (Å²) >= 11 is 1.74. The van der Waals surface area contributed by atoms with Crippen LogP contribution in [-0.4, -0.2) is 29.5 Å². The number of hydrogen-bond acceptors (Lipinski definition) is 3. The molecule has 0 saturated carbocycles. The van der Waals surface area contributed by atoms with E-state index in [2.05, 4.69) is 12.2 Å². The molecule has 0 rings (SSSR count). The highest BCUT2D eigenvalue weighted by Crippen LogP contribution is 2.10. The lowest BCUT2D eigenvalue weighted by Crippen LogP contribution is -2.54. The fraction of sp³-hybridized carbons (Fsp3) is 0.909. The Balaban J connectivity index is 0. The van der Waals surface area contributed by atoms with Crippen molar-refractivity contribution in [2.24, 2.45) is 5.73 Å². The number of carbonyl (C=O) groups excluding carboxylic acids is 1. The smallest absolute Gasteiger partial charge is 0.240 e. The van der Waals surface area contributed by atoms with Crippen molar-refractivity contribution in [1.82, 2.24) is 5.32 Å². The Morgan fingerprint density at radius 3 is 2.44 bits per heavy atom. The third-order valence-corrected chi connectivity index (χ3v) is 3.22. The Hall–Kier alpha value is 0.0700. The van der Waals surface area contributed by atoms with Crippen LogP contribution >= 0.6 is 24.2 Å². The maximum Gasteiger partial charge on any atom is 0.240 e. The molecule has 0 radical (unpaired) electrons. The van der Waals surface area contributed by atoms with Crippen molar-refractivity contribution < 1.29 is 4.79 Å². The summed E-state index contributed by atoms with van der Waals surface area (Å²) in [4.78, 5) is 11.9.